The van der Waals surface area contributed by atoms with Gasteiger partial charge in [-0.25, -0.2) is 9.78 Å². The first kappa shape index (κ1) is 14.2. The van der Waals surface area contributed by atoms with Crippen molar-refractivity contribution < 1.29 is 4.79 Å². The van der Waals surface area contributed by atoms with Gasteiger partial charge in [0.2, 0.25) is 0 Å². The largest absolute Gasteiger partial charge is 0.324 e. The smallest absolute Gasteiger partial charge is 0.324 e. The summed E-state index contributed by atoms with van der Waals surface area (Å²) < 4.78 is 1.99. The topological polar surface area (TPSA) is 59.0 Å². The summed E-state index contributed by atoms with van der Waals surface area (Å²) in [5.74, 6) is 0.436. The number of halogens is 1. The maximum Gasteiger partial charge on any atom is 0.324 e. The van der Waals surface area contributed by atoms with E-state index in [-0.39, 0.29) is 6.03 Å². The van der Waals surface area contributed by atoms with Crippen LogP contribution in [0.4, 0.5) is 16.3 Å². The molecule has 0 aliphatic rings. The van der Waals surface area contributed by atoms with Crippen LogP contribution in [-0.4, -0.2) is 15.6 Å². The number of rotatable bonds is 3. The molecule has 2 N–H and O–H groups in total. The second-order valence-corrected chi connectivity index (χ2v) is 5.01. The molecule has 0 fully saturated rings. The fourth-order valence-corrected chi connectivity index (χ4v) is 2.06. The van der Waals surface area contributed by atoms with Gasteiger partial charge in [-0.3, -0.25) is 5.32 Å². The van der Waals surface area contributed by atoms with Gasteiger partial charge in [0.05, 0.1) is 5.02 Å². The molecular formula is C16H13ClN4O. The summed E-state index contributed by atoms with van der Waals surface area (Å²) in [6.07, 6.45) is 5.39. The number of nitrogens with zero attached hydrogens (tertiary/aromatic N) is 2. The highest BCUT2D eigenvalue weighted by Gasteiger charge is 2.04. The third-order valence-corrected chi connectivity index (χ3v) is 3.22. The molecule has 22 heavy (non-hydrogen) atoms. The van der Waals surface area contributed by atoms with Gasteiger partial charge in [0.15, 0.2) is 0 Å². The lowest BCUT2D eigenvalue weighted by atomic mass is 10.3. The summed E-state index contributed by atoms with van der Waals surface area (Å²) in [4.78, 5) is 15.9. The zero-order valence-corrected chi connectivity index (χ0v) is 12.3. The van der Waals surface area contributed by atoms with Crippen molar-refractivity contribution in [1.29, 1.82) is 0 Å². The first-order valence-corrected chi connectivity index (χ1v) is 7.01. The number of hydrogen-bond acceptors (Lipinski definition) is 2. The minimum atomic E-state index is -0.358. The molecule has 110 valence electrons. The van der Waals surface area contributed by atoms with Crippen LogP contribution in [0.3, 0.4) is 0 Å². The molecule has 2 aromatic heterocycles. The Kier molecular flexibility index (Phi) is 4.07. The van der Waals surface area contributed by atoms with Gasteiger partial charge in [-0.05, 0) is 48.5 Å². The first-order chi connectivity index (χ1) is 10.7. The van der Waals surface area contributed by atoms with E-state index < -0.39 is 0 Å². The van der Waals surface area contributed by atoms with E-state index >= 15 is 0 Å². The van der Waals surface area contributed by atoms with E-state index in [4.69, 9.17) is 11.6 Å². The Balaban J connectivity index is 1.63. The minimum absolute atomic E-state index is 0.358. The molecule has 0 unspecified atom stereocenters. The molecule has 0 aliphatic carbocycles. The predicted octanol–water partition coefficient (Wildman–Crippen LogP) is 4.17. The molecule has 3 aromatic rings. The van der Waals surface area contributed by atoms with Crippen LogP contribution in [0.2, 0.25) is 5.02 Å². The monoisotopic (exact) mass is 312 g/mol. The highest BCUT2D eigenvalue weighted by atomic mass is 35.5. The van der Waals surface area contributed by atoms with Gasteiger partial charge in [0.25, 0.3) is 0 Å². The van der Waals surface area contributed by atoms with Crippen molar-refractivity contribution in [2.75, 3.05) is 10.6 Å². The number of urea groups is 1. The Morgan fingerprint density at radius 1 is 1.00 bits per heavy atom. The Bertz CT molecular complexity index is 752. The van der Waals surface area contributed by atoms with Crippen LogP contribution in [0, 0.1) is 0 Å². The third-order valence-electron chi connectivity index (χ3n) is 3.00. The van der Waals surface area contributed by atoms with E-state index in [1.807, 2.05) is 53.4 Å². The molecule has 5 nitrogen and oxygen atoms in total. The molecule has 0 saturated carbocycles. The molecule has 6 heteroatoms. The standard InChI is InChI=1S/C16H13ClN4O/c17-12-3-8-15(18-11-12)20-16(22)19-13-4-6-14(7-5-13)21-9-1-2-10-21/h1-11H,(H2,18,19,20,22). The second-order valence-electron chi connectivity index (χ2n) is 4.58. The number of amides is 2. The molecule has 2 amide bonds. The number of aromatic nitrogens is 2. The third kappa shape index (κ3) is 3.45. The SMILES string of the molecule is O=C(Nc1ccc(-n2cccc2)cc1)Nc1ccc(Cl)cn1. The van der Waals surface area contributed by atoms with Crippen LogP contribution in [-0.2, 0) is 0 Å². The lowest BCUT2D eigenvalue weighted by Crippen LogP contribution is -2.19. The summed E-state index contributed by atoms with van der Waals surface area (Å²) >= 11 is 5.74. The Morgan fingerprint density at radius 2 is 1.73 bits per heavy atom. The predicted molar refractivity (Wildman–Crippen MR) is 87.7 cm³/mol. The van der Waals surface area contributed by atoms with E-state index in [0.29, 0.717) is 16.5 Å². The van der Waals surface area contributed by atoms with Crippen LogP contribution < -0.4 is 10.6 Å². The van der Waals surface area contributed by atoms with E-state index in [2.05, 4.69) is 15.6 Å². The van der Waals surface area contributed by atoms with Gasteiger partial charge in [0, 0.05) is 30.0 Å². The van der Waals surface area contributed by atoms with Crippen molar-refractivity contribution >= 4 is 29.1 Å². The van der Waals surface area contributed by atoms with Crippen LogP contribution >= 0.6 is 11.6 Å². The summed E-state index contributed by atoms with van der Waals surface area (Å²) in [6.45, 7) is 0. The number of carbonyl (C=O) groups excluding carboxylic acids is 1. The molecular weight excluding hydrogens is 300 g/mol. The lowest BCUT2D eigenvalue weighted by molar-refractivity contribution is 0.262. The van der Waals surface area contributed by atoms with E-state index in [0.717, 1.165) is 5.69 Å². The van der Waals surface area contributed by atoms with Crippen LogP contribution in [0.1, 0.15) is 0 Å². The van der Waals surface area contributed by atoms with Crippen molar-refractivity contribution in [3.63, 3.8) is 0 Å². The van der Waals surface area contributed by atoms with Gasteiger partial charge < -0.3 is 9.88 Å². The number of nitrogens with one attached hydrogen (secondary N) is 2. The zero-order valence-electron chi connectivity index (χ0n) is 11.5. The number of benzene rings is 1. The van der Waals surface area contributed by atoms with Crippen molar-refractivity contribution in [2.45, 2.75) is 0 Å². The fourth-order valence-electron chi connectivity index (χ4n) is 1.95. The van der Waals surface area contributed by atoms with E-state index in [1.54, 1.807) is 12.1 Å². The highest BCUT2D eigenvalue weighted by Crippen LogP contribution is 2.14. The zero-order chi connectivity index (χ0) is 15.4. The van der Waals surface area contributed by atoms with Gasteiger partial charge in [-0.2, -0.15) is 0 Å². The highest BCUT2D eigenvalue weighted by molar-refractivity contribution is 6.30. The molecule has 0 saturated heterocycles. The lowest BCUT2D eigenvalue weighted by Gasteiger charge is -2.08. The molecule has 0 atom stereocenters. The Labute approximate surface area is 132 Å². The van der Waals surface area contributed by atoms with Crippen molar-refractivity contribution in [3.05, 3.63) is 72.1 Å². The Morgan fingerprint density at radius 3 is 2.36 bits per heavy atom. The quantitative estimate of drug-likeness (QED) is 0.762. The second kappa shape index (κ2) is 6.32. The van der Waals surface area contributed by atoms with Crippen LogP contribution in [0.25, 0.3) is 5.69 Å². The van der Waals surface area contributed by atoms with Gasteiger partial charge in [0.1, 0.15) is 5.82 Å². The number of pyridine rings is 1. The molecule has 0 bridgehead atoms. The van der Waals surface area contributed by atoms with E-state index in [1.165, 1.54) is 6.20 Å². The molecule has 2 heterocycles. The van der Waals surface area contributed by atoms with Gasteiger partial charge >= 0.3 is 6.03 Å². The van der Waals surface area contributed by atoms with Crippen molar-refractivity contribution in [1.82, 2.24) is 9.55 Å². The summed E-state index contributed by atoms with van der Waals surface area (Å²) in [6, 6.07) is 14.4. The first-order valence-electron chi connectivity index (χ1n) is 6.64. The van der Waals surface area contributed by atoms with E-state index in [9.17, 15) is 4.79 Å². The Hall–Kier alpha value is -2.79. The molecule has 0 aliphatic heterocycles. The molecule has 0 spiro atoms. The summed E-state index contributed by atoms with van der Waals surface area (Å²) in [5, 5.41) is 5.90. The van der Waals surface area contributed by atoms with Crippen LogP contribution in [0.5, 0.6) is 0 Å². The minimum Gasteiger partial charge on any atom is -0.324 e. The summed E-state index contributed by atoms with van der Waals surface area (Å²) in [5.41, 5.74) is 1.72. The summed E-state index contributed by atoms with van der Waals surface area (Å²) in [7, 11) is 0. The van der Waals surface area contributed by atoms with Gasteiger partial charge in [-0.15, -0.1) is 0 Å². The number of carbonyl (C=O) groups is 1. The van der Waals surface area contributed by atoms with Crippen molar-refractivity contribution in [2.24, 2.45) is 0 Å². The normalized spacial score (nSPS) is 10.2. The average Bonchev–Trinajstić information content (AvgIpc) is 3.05. The van der Waals surface area contributed by atoms with Crippen molar-refractivity contribution in [3.8, 4) is 5.69 Å². The number of hydrogen-bond donors (Lipinski definition) is 2. The fraction of sp³-hybridized carbons (Fsp3) is 0. The maximum absolute atomic E-state index is 11.9. The molecule has 1 aromatic carbocycles. The number of anilines is 2. The van der Waals surface area contributed by atoms with Gasteiger partial charge in [-0.1, -0.05) is 11.6 Å². The van der Waals surface area contributed by atoms with Crippen LogP contribution in [0.15, 0.2) is 67.1 Å². The molecule has 3 rings (SSSR count). The average molecular weight is 313 g/mol. The molecule has 0 radical (unpaired) electrons. The maximum atomic E-state index is 11.9.